The molecule has 2 aromatic carbocycles. The largest absolute Gasteiger partial charge is 0.399 e. The first kappa shape index (κ1) is 19.0. The molecule has 4 nitrogen and oxygen atoms in total. The second-order valence-electron chi connectivity index (χ2n) is 5.40. The van der Waals surface area contributed by atoms with Gasteiger partial charge >= 0.3 is 0 Å². The van der Waals surface area contributed by atoms with Crippen LogP contribution in [0.1, 0.15) is 34.5 Å². The minimum atomic E-state index is -0.703. The number of aliphatic hydroxyl groups excluding tert-OH is 1. The highest BCUT2D eigenvalue weighted by molar-refractivity contribution is 5.95. The number of hydrogen-bond acceptors (Lipinski definition) is 3. The van der Waals surface area contributed by atoms with Crippen molar-refractivity contribution in [1.82, 2.24) is 4.90 Å². The Morgan fingerprint density at radius 1 is 1.22 bits per heavy atom. The minimum Gasteiger partial charge on any atom is -0.399 e. The Hall–Kier alpha value is -2.04. The van der Waals surface area contributed by atoms with E-state index in [1.807, 2.05) is 38.1 Å². The molecule has 3 N–H and O–H groups in total. The fourth-order valence-electron chi connectivity index (χ4n) is 2.31. The first-order chi connectivity index (χ1) is 10.5. The highest BCUT2D eigenvalue weighted by atomic mass is 35.5. The van der Waals surface area contributed by atoms with Crippen LogP contribution in [0.15, 0.2) is 48.5 Å². The molecule has 1 amide bonds. The Bertz CT molecular complexity index is 644. The van der Waals surface area contributed by atoms with Gasteiger partial charge in [0.15, 0.2) is 0 Å². The van der Waals surface area contributed by atoms with E-state index < -0.39 is 6.10 Å². The first-order valence-electron chi connectivity index (χ1n) is 7.40. The molecule has 2 rings (SSSR count). The molecule has 0 heterocycles. The maximum Gasteiger partial charge on any atom is 0.254 e. The third-order valence-corrected chi connectivity index (χ3v) is 3.66. The number of anilines is 1. The molecule has 5 heteroatoms. The minimum absolute atomic E-state index is 0. The van der Waals surface area contributed by atoms with Crippen LogP contribution >= 0.6 is 12.4 Å². The van der Waals surface area contributed by atoms with Crippen LogP contribution in [-0.4, -0.2) is 29.0 Å². The molecule has 0 radical (unpaired) electrons. The molecule has 1 atom stereocenters. The van der Waals surface area contributed by atoms with Gasteiger partial charge in [0.05, 0.1) is 12.6 Å². The predicted octanol–water partition coefficient (Wildman–Crippen LogP) is 3.19. The van der Waals surface area contributed by atoms with E-state index in [1.54, 1.807) is 29.2 Å². The average Bonchev–Trinajstić information content (AvgIpc) is 2.52. The van der Waals surface area contributed by atoms with Gasteiger partial charge in [0, 0.05) is 17.8 Å². The van der Waals surface area contributed by atoms with Crippen LogP contribution in [-0.2, 0) is 0 Å². The number of carbonyl (C=O) groups excluding carboxylic acids is 1. The van der Waals surface area contributed by atoms with Crippen molar-refractivity contribution >= 4 is 24.0 Å². The number of rotatable bonds is 5. The van der Waals surface area contributed by atoms with E-state index in [0.717, 1.165) is 11.1 Å². The second kappa shape index (κ2) is 8.56. The zero-order valence-corrected chi connectivity index (χ0v) is 14.2. The van der Waals surface area contributed by atoms with Crippen molar-refractivity contribution < 1.29 is 9.90 Å². The van der Waals surface area contributed by atoms with Gasteiger partial charge in [0.2, 0.25) is 0 Å². The summed E-state index contributed by atoms with van der Waals surface area (Å²) >= 11 is 0. The van der Waals surface area contributed by atoms with Gasteiger partial charge in [-0.15, -0.1) is 12.4 Å². The molecule has 0 aliphatic rings. The number of aliphatic hydroxyl groups is 1. The molecule has 2 aromatic rings. The number of nitrogen functional groups attached to an aromatic ring is 1. The van der Waals surface area contributed by atoms with Crippen molar-refractivity contribution in [3.8, 4) is 0 Å². The predicted molar refractivity (Wildman–Crippen MR) is 95.8 cm³/mol. The van der Waals surface area contributed by atoms with Crippen molar-refractivity contribution in [1.29, 1.82) is 0 Å². The Kier molecular flexibility index (Phi) is 7.07. The average molecular weight is 335 g/mol. The molecule has 0 aromatic heterocycles. The lowest BCUT2D eigenvalue weighted by molar-refractivity contribution is 0.0635. The number of amides is 1. The third kappa shape index (κ3) is 4.98. The summed E-state index contributed by atoms with van der Waals surface area (Å²) in [6.07, 6.45) is -0.703. The number of benzene rings is 2. The number of likely N-dealkylation sites (N-methyl/N-ethyl adjacent to an activating group) is 1. The van der Waals surface area contributed by atoms with Gasteiger partial charge in [-0.05, 0) is 37.6 Å². The van der Waals surface area contributed by atoms with Crippen molar-refractivity contribution in [3.05, 3.63) is 65.2 Å². The molecule has 0 aliphatic heterocycles. The third-order valence-electron chi connectivity index (χ3n) is 3.66. The standard InChI is InChI=1S/C18H22N2O2.ClH/c1-3-20(18(22)15-5-4-6-16(19)11-15)12-17(21)14-9-7-13(2)8-10-14;/h4-11,17,21H,3,12,19H2,1-2H3;1H. The fourth-order valence-corrected chi connectivity index (χ4v) is 2.31. The number of nitrogens with zero attached hydrogens (tertiary/aromatic N) is 1. The number of hydrogen-bond donors (Lipinski definition) is 2. The molecule has 23 heavy (non-hydrogen) atoms. The van der Waals surface area contributed by atoms with E-state index in [4.69, 9.17) is 5.73 Å². The van der Waals surface area contributed by atoms with Crippen LogP contribution < -0.4 is 5.73 Å². The Balaban J connectivity index is 0.00000264. The van der Waals surface area contributed by atoms with E-state index in [-0.39, 0.29) is 24.9 Å². The first-order valence-corrected chi connectivity index (χ1v) is 7.40. The summed E-state index contributed by atoms with van der Waals surface area (Å²) in [7, 11) is 0. The van der Waals surface area contributed by atoms with Crippen molar-refractivity contribution in [3.63, 3.8) is 0 Å². The van der Waals surface area contributed by atoms with E-state index in [0.29, 0.717) is 17.8 Å². The zero-order valence-electron chi connectivity index (χ0n) is 13.4. The van der Waals surface area contributed by atoms with Gasteiger partial charge in [-0.25, -0.2) is 0 Å². The molecule has 0 saturated carbocycles. The second-order valence-corrected chi connectivity index (χ2v) is 5.40. The smallest absolute Gasteiger partial charge is 0.254 e. The highest BCUT2D eigenvalue weighted by Gasteiger charge is 2.18. The number of nitrogens with two attached hydrogens (primary N) is 1. The normalized spacial score (nSPS) is 11.4. The summed E-state index contributed by atoms with van der Waals surface area (Å²) in [5, 5.41) is 10.3. The van der Waals surface area contributed by atoms with Crippen LogP contribution in [0.25, 0.3) is 0 Å². The zero-order chi connectivity index (χ0) is 16.1. The Labute approximate surface area is 143 Å². The highest BCUT2D eigenvalue weighted by Crippen LogP contribution is 2.17. The molecular weight excluding hydrogens is 312 g/mol. The lowest BCUT2D eigenvalue weighted by Crippen LogP contribution is -2.34. The molecule has 0 spiro atoms. The molecule has 0 aliphatic carbocycles. The molecule has 0 fully saturated rings. The van der Waals surface area contributed by atoms with Crippen LogP contribution in [0.3, 0.4) is 0 Å². The van der Waals surface area contributed by atoms with Crippen LogP contribution in [0.4, 0.5) is 5.69 Å². The van der Waals surface area contributed by atoms with Gasteiger partial charge in [-0.1, -0.05) is 35.9 Å². The summed E-state index contributed by atoms with van der Waals surface area (Å²) in [6.45, 7) is 4.67. The van der Waals surface area contributed by atoms with Crippen LogP contribution in [0.5, 0.6) is 0 Å². The summed E-state index contributed by atoms with van der Waals surface area (Å²) in [5.41, 5.74) is 8.77. The summed E-state index contributed by atoms with van der Waals surface area (Å²) in [6, 6.07) is 14.6. The number of aryl methyl sites for hydroxylation is 1. The molecule has 0 bridgehead atoms. The van der Waals surface area contributed by atoms with Crippen LogP contribution in [0, 0.1) is 6.92 Å². The van der Waals surface area contributed by atoms with E-state index in [1.165, 1.54) is 0 Å². The molecule has 1 unspecified atom stereocenters. The molecule has 124 valence electrons. The van der Waals surface area contributed by atoms with Gasteiger partial charge in [-0.2, -0.15) is 0 Å². The monoisotopic (exact) mass is 334 g/mol. The van der Waals surface area contributed by atoms with Crippen LogP contribution in [0.2, 0.25) is 0 Å². The van der Waals surface area contributed by atoms with E-state index >= 15 is 0 Å². The van der Waals surface area contributed by atoms with Gasteiger partial charge in [-0.3, -0.25) is 4.79 Å². The number of halogens is 1. The summed E-state index contributed by atoms with van der Waals surface area (Å²) < 4.78 is 0. The van der Waals surface area contributed by atoms with Crippen molar-refractivity contribution in [2.75, 3.05) is 18.8 Å². The van der Waals surface area contributed by atoms with Crippen molar-refractivity contribution in [2.45, 2.75) is 20.0 Å². The summed E-state index contributed by atoms with van der Waals surface area (Å²) in [4.78, 5) is 14.1. The molecule has 0 saturated heterocycles. The lowest BCUT2D eigenvalue weighted by atomic mass is 10.1. The Morgan fingerprint density at radius 3 is 2.43 bits per heavy atom. The summed E-state index contributed by atoms with van der Waals surface area (Å²) in [5.74, 6) is -0.124. The topological polar surface area (TPSA) is 66.6 Å². The lowest BCUT2D eigenvalue weighted by Gasteiger charge is -2.24. The van der Waals surface area contributed by atoms with Gasteiger partial charge < -0.3 is 15.7 Å². The van der Waals surface area contributed by atoms with Gasteiger partial charge in [0.25, 0.3) is 5.91 Å². The van der Waals surface area contributed by atoms with E-state index in [9.17, 15) is 9.90 Å². The maximum atomic E-state index is 12.5. The fraction of sp³-hybridized carbons (Fsp3) is 0.278. The van der Waals surface area contributed by atoms with E-state index in [2.05, 4.69) is 0 Å². The van der Waals surface area contributed by atoms with Gasteiger partial charge in [0.1, 0.15) is 0 Å². The quantitative estimate of drug-likeness (QED) is 0.825. The van der Waals surface area contributed by atoms with Crippen molar-refractivity contribution in [2.24, 2.45) is 0 Å². The molecular formula is C18H23ClN2O2. The maximum absolute atomic E-state index is 12.5. The Morgan fingerprint density at radius 2 is 1.87 bits per heavy atom. The SMILES string of the molecule is CCN(CC(O)c1ccc(C)cc1)C(=O)c1cccc(N)c1.Cl. The number of carbonyl (C=O) groups is 1.